The fraction of sp³-hybridized carbons (Fsp3) is 0.400. The van der Waals surface area contributed by atoms with E-state index in [2.05, 4.69) is 20.4 Å². The topological polar surface area (TPSA) is 88.5 Å². The maximum atomic E-state index is 12.8. The van der Waals surface area contributed by atoms with E-state index in [1.54, 1.807) is 26.0 Å². The van der Waals surface area contributed by atoms with E-state index in [0.717, 1.165) is 4.52 Å². The van der Waals surface area contributed by atoms with E-state index in [9.17, 15) is 18.3 Å². The van der Waals surface area contributed by atoms with Crippen molar-refractivity contribution in [3.8, 4) is 0 Å². The quantitative estimate of drug-likeness (QED) is 0.748. The number of aliphatic hydroxyl groups is 1. The molecule has 1 unspecified atom stereocenters. The molecule has 0 aromatic carbocycles. The SMILES string of the molecule is Cc1cc(NCC(C)(O)c2ccc(C)o2)n2nc(C(F)(F)F)nc2n1. The van der Waals surface area contributed by atoms with E-state index >= 15 is 0 Å². The van der Waals surface area contributed by atoms with Gasteiger partial charge in [0, 0.05) is 11.8 Å². The third-order valence-electron chi connectivity index (χ3n) is 3.58. The van der Waals surface area contributed by atoms with E-state index in [4.69, 9.17) is 4.42 Å². The Balaban J connectivity index is 1.91. The molecule has 3 heterocycles. The lowest BCUT2D eigenvalue weighted by atomic mass is 10.0. The summed E-state index contributed by atoms with van der Waals surface area (Å²) in [5.74, 6) is -0.239. The van der Waals surface area contributed by atoms with Crippen LogP contribution >= 0.6 is 0 Å². The molecule has 0 saturated carbocycles. The van der Waals surface area contributed by atoms with E-state index in [1.807, 2.05) is 0 Å². The number of fused-ring (bicyclic) bond motifs is 1. The number of rotatable bonds is 4. The molecule has 0 aliphatic heterocycles. The zero-order valence-corrected chi connectivity index (χ0v) is 13.7. The number of nitrogens with zero attached hydrogens (tertiary/aromatic N) is 4. The standard InChI is InChI=1S/C15H16F3N5O2/c1-8-6-11(19-7-14(3,24)10-5-4-9(2)25-10)23-13(20-8)21-12(22-23)15(16,17)18/h4-6,19,24H,7H2,1-3H3. The molecule has 0 fully saturated rings. The van der Waals surface area contributed by atoms with Crippen LogP contribution in [0, 0.1) is 13.8 Å². The molecule has 25 heavy (non-hydrogen) atoms. The van der Waals surface area contributed by atoms with Crippen LogP contribution in [-0.4, -0.2) is 31.2 Å². The Labute approximate surface area is 140 Å². The second kappa shape index (κ2) is 5.73. The zero-order chi connectivity index (χ0) is 18.4. The van der Waals surface area contributed by atoms with E-state index in [1.165, 1.54) is 13.0 Å². The van der Waals surface area contributed by atoms with Gasteiger partial charge in [0.05, 0.1) is 6.54 Å². The Kier molecular flexibility index (Phi) is 3.94. The molecule has 10 heteroatoms. The molecule has 0 amide bonds. The molecule has 1 atom stereocenters. The number of alkyl halides is 3. The predicted octanol–water partition coefficient (Wildman–Crippen LogP) is 2.67. The normalized spacial score (nSPS) is 14.7. The number of anilines is 1. The molecule has 2 N–H and O–H groups in total. The lowest BCUT2D eigenvalue weighted by Gasteiger charge is -2.22. The molecule has 3 aromatic rings. The Morgan fingerprint density at radius 1 is 1.24 bits per heavy atom. The molecule has 0 aliphatic carbocycles. The molecular formula is C15H16F3N5O2. The molecule has 0 bridgehead atoms. The third kappa shape index (κ3) is 3.43. The van der Waals surface area contributed by atoms with Crippen LogP contribution in [0.4, 0.5) is 19.0 Å². The van der Waals surface area contributed by atoms with Crippen molar-refractivity contribution in [2.24, 2.45) is 0 Å². The van der Waals surface area contributed by atoms with Gasteiger partial charge in [-0.2, -0.15) is 22.7 Å². The molecular weight excluding hydrogens is 339 g/mol. The molecule has 7 nitrogen and oxygen atoms in total. The lowest BCUT2D eigenvalue weighted by molar-refractivity contribution is -0.144. The van der Waals surface area contributed by atoms with Gasteiger partial charge in [-0.05, 0) is 32.9 Å². The molecule has 134 valence electrons. The van der Waals surface area contributed by atoms with Crippen molar-refractivity contribution < 1.29 is 22.7 Å². The van der Waals surface area contributed by atoms with Crippen LogP contribution < -0.4 is 5.32 Å². The maximum Gasteiger partial charge on any atom is 0.453 e. The summed E-state index contributed by atoms with van der Waals surface area (Å²) in [4.78, 5) is 7.35. The Bertz CT molecular complexity index is 914. The van der Waals surface area contributed by atoms with Gasteiger partial charge in [-0.1, -0.05) is 0 Å². The van der Waals surface area contributed by atoms with Gasteiger partial charge in [0.1, 0.15) is 22.9 Å². The minimum absolute atomic E-state index is 0.0142. The van der Waals surface area contributed by atoms with Gasteiger partial charge in [-0.15, -0.1) is 5.10 Å². The fourth-order valence-electron chi connectivity index (χ4n) is 2.31. The molecule has 0 spiro atoms. The van der Waals surface area contributed by atoms with Gasteiger partial charge in [0.15, 0.2) is 0 Å². The van der Waals surface area contributed by atoms with Crippen molar-refractivity contribution in [1.82, 2.24) is 19.6 Å². The van der Waals surface area contributed by atoms with Crippen LogP contribution in [0.5, 0.6) is 0 Å². The zero-order valence-electron chi connectivity index (χ0n) is 13.7. The van der Waals surface area contributed by atoms with E-state index in [-0.39, 0.29) is 18.1 Å². The first-order chi connectivity index (χ1) is 11.6. The van der Waals surface area contributed by atoms with Crippen LogP contribution in [0.2, 0.25) is 0 Å². The van der Waals surface area contributed by atoms with Gasteiger partial charge in [-0.25, -0.2) is 4.98 Å². The van der Waals surface area contributed by atoms with Crippen molar-refractivity contribution in [3.63, 3.8) is 0 Å². The minimum Gasteiger partial charge on any atom is -0.463 e. The number of hydrogen-bond acceptors (Lipinski definition) is 6. The summed E-state index contributed by atoms with van der Waals surface area (Å²) in [6.45, 7) is 4.89. The van der Waals surface area contributed by atoms with Crippen molar-refractivity contribution >= 4 is 11.6 Å². The maximum absolute atomic E-state index is 12.8. The van der Waals surface area contributed by atoms with Crippen molar-refractivity contribution in [2.75, 3.05) is 11.9 Å². The Morgan fingerprint density at radius 3 is 2.56 bits per heavy atom. The molecule has 0 radical (unpaired) electrons. The summed E-state index contributed by atoms with van der Waals surface area (Å²) in [5, 5.41) is 16.9. The van der Waals surface area contributed by atoms with Gasteiger partial charge >= 0.3 is 6.18 Å². The van der Waals surface area contributed by atoms with Gasteiger partial charge in [0.25, 0.3) is 11.6 Å². The smallest absolute Gasteiger partial charge is 0.453 e. The van der Waals surface area contributed by atoms with E-state index in [0.29, 0.717) is 17.2 Å². The lowest BCUT2D eigenvalue weighted by Crippen LogP contribution is -2.31. The first kappa shape index (κ1) is 17.2. The third-order valence-corrected chi connectivity index (χ3v) is 3.58. The highest BCUT2D eigenvalue weighted by Crippen LogP contribution is 2.28. The summed E-state index contributed by atoms with van der Waals surface area (Å²) in [7, 11) is 0. The number of furan rings is 1. The summed E-state index contributed by atoms with van der Waals surface area (Å²) in [6, 6.07) is 4.87. The average molecular weight is 355 g/mol. The number of aryl methyl sites for hydroxylation is 2. The van der Waals surface area contributed by atoms with E-state index < -0.39 is 17.6 Å². The largest absolute Gasteiger partial charge is 0.463 e. The summed E-state index contributed by atoms with van der Waals surface area (Å²) >= 11 is 0. The molecule has 0 aliphatic rings. The number of halogens is 3. The second-order valence-electron chi connectivity index (χ2n) is 5.97. The number of nitrogens with one attached hydrogen (secondary N) is 1. The molecule has 3 aromatic heterocycles. The molecule has 3 rings (SSSR count). The highest BCUT2D eigenvalue weighted by Gasteiger charge is 2.37. The van der Waals surface area contributed by atoms with Crippen LogP contribution in [0.15, 0.2) is 22.6 Å². The fourth-order valence-corrected chi connectivity index (χ4v) is 2.31. The summed E-state index contributed by atoms with van der Waals surface area (Å²) < 4.78 is 44.8. The van der Waals surface area contributed by atoms with Gasteiger partial charge < -0.3 is 14.8 Å². The first-order valence-corrected chi connectivity index (χ1v) is 7.41. The van der Waals surface area contributed by atoms with Crippen LogP contribution in [0.1, 0.15) is 30.0 Å². The monoisotopic (exact) mass is 355 g/mol. The highest BCUT2D eigenvalue weighted by molar-refractivity contribution is 5.46. The average Bonchev–Trinajstić information content (AvgIpc) is 3.10. The van der Waals surface area contributed by atoms with Crippen molar-refractivity contribution in [2.45, 2.75) is 32.5 Å². The summed E-state index contributed by atoms with van der Waals surface area (Å²) in [6.07, 6.45) is -4.67. The first-order valence-electron chi connectivity index (χ1n) is 7.41. The number of hydrogen-bond donors (Lipinski definition) is 2. The van der Waals surface area contributed by atoms with Crippen LogP contribution in [0.25, 0.3) is 5.78 Å². The van der Waals surface area contributed by atoms with Gasteiger partial charge in [0.2, 0.25) is 0 Å². The molecule has 0 saturated heterocycles. The Morgan fingerprint density at radius 2 is 1.96 bits per heavy atom. The van der Waals surface area contributed by atoms with Crippen LogP contribution in [0.3, 0.4) is 0 Å². The second-order valence-corrected chi connectivity index (χ2v) is 5.97. The summed E-state index contributed by atoms with van der Waals surface area (Å²) in [5.41, 5.74) is -0.907. The van der Waals surface area contributed by atoms with Gasteiger partial charge in [-0.3, -0.25) is 0 Å². The highest BCUT2D eigenvalue weighted by atomic mass is 19.4. The van der Waals surface area contributed by atoms with Crippen molar-refractivity contribution in [1.29, 1.82) is 0 Å². The number of aromatic nitrogens is 4. The van der Waals surface area contributed by atoms with Crippen molar-refractivity contribution in [3.05, 3.63) is 41.2 Å². The Hall–Kier alpha value is -2.62. The van der Waals surface area contributed by atoms with Crippen LogP contribution in [-0.2, 0) is 11.8 Å². The minimum atomic E-state index is -4.67. The predicted molar refractivity (Wildman–Crippen MR) is 82.0 cm³/mol.